The van der Waals surface area contributed by atoms with Crippen molar-refractivity contribution < 1.29 is 14.3 Å². The number of hydrogen-bond donors (Lipinski definition) is 1. The van der Waals surface area contributed by atoms with Gasteiger partial charge in [0, 0.05) is 19.8 Å². The van der Waals surface area contributed by atoms with Gasteiger partial charge in [-0.3, -0.25) is 14.3 Å². The molecule has 1 N–H and O–H groups in total. The van der Waals surface area contributed by atoms with E-state index in [4.69, 9.17) is 4.74 Å². The molecule has 6 heteroatoms. The number of carbonyl (C=O) groups excluding carboxylic acids is 2. The molecule has 6 nitrogen and oxygen atoms in total. The third kappa shape index (κ3) is 4.39. The average Bonchev–Trinajstić information content (AvgIpc) is 2.91. The van der Waals surface area contributed by atoms with Crippen molar-refractivity contribution in [2.45, 2.75) is 38.7 Å². The van der Waals surface area contributed by atoms with E-state index < -0.39 is 11.7 Å². The standard InChI is InChI=1S/C15H23N3O3/c1-11-5-3-4-6-13(11)21-8-7-16-15(20)14(19)12-9-17-18(2)10-12/h9-11,13H,3-8H2,1-2H3,(H,16,20)/t11-,13+/m1/s1. The second-order valence-electron chi connectivity index (χ2n) is 5.66. The van der Waals surface area contributed by atoms with E-state index in [2.05, 4.69) is 17.3 Å². The number of hydrogen-bond acceptors (Lipinski definition) is 4. The Hall–Kier alpha value is -1.69. The van der Waals surface area contributed by atoms with Crippen LogP contribution in [-0.2, 0) is 16.6 Å². The normalized spacial score (nSPS) is 22.0. The van der Waals surface area contributed by atoms with Gasteiger partial charge in [-0.05, 0) is 18.8 Å². The summed E-state index contributed by atoms with van der Waals surface area (Å²) in [5, 5.41) is 6.47. The average molecular weight is 293 g/mol. The zero-order valence-corrected chi connectivity index (χ0v) is 12.7. The predicted molar refractivity (Wildman–Crippen MR) is 77.9 cm³/mol. The predicted octanol–water partition coefficient (Wildman–Crippen LogP) is 1.31. The highest BCUT2D eigenvalue weighted by molar-refractivity contribution is 6.42. The van der Waals surface area contributed by atoms with Gasteiger partial charge in [0.15, 0.2) is 0 Å². The van der Waals surface area contributed by atoms with Crippen LogP contribution in [0, 0.1) is 5.92 Å². The molecule has 2 atom stereocenters. The molecule has 116 valence electrons. The van der Waals surface area contributed by atoms with Gasteiger partial charge >= 0.3 is 0 Å². The molecule has 21 heavy (non-hydrogen) atoms. The molecule has 0 saturated heterocycles. The van der Waals surface area contributed by atoms with Crippen molar-refractivity contribution in [3.63, 3.8) is 0 Å². The number of carbonyl (C=O) groups is 2. The largest absolute Gasteiger partial charge is 0.376 e. The molecule has 0 bridgehead atoms. The summed E-state index contributed by atoms with van der Waals surface area (Å²) in [4.78, 5) is 23.5. The second-order valence-corrected chi connectivity index (χ2v) is 5.66. The van der Waals surface area contributed by atoms with Gasteiger partial charge < -0.3 is 10.1 Å². The maximum Gasteiger partial charge on any atom is 0.292 e. The molecular weight excluding hydrogens is 270 g/mol. The van der Waals surface area contributed by atoms with Gasteiger partial charge in [-0.15, -0.1) is 0 Å². The molecule has 1 aromatic rings. The van der Waals surface area contributed by atoms with E-state index in [-0.39, 0.29) is 6.10 Å². The van der Waals surface area contributed by atoms with Crippen molar-refractivity contribution in [3.05, 3.63) is 18.0 Å². The molecule has 1 aliphatic carbocycles. The van der Waals surface area contributed by atoms with Gasteiger partial charge in [0.05, 0.1) is 24.5 Å². The van der Waals surface area contributed by atoms with E-state index in [1.165, 1.54) is 36.3 Å². The fourth-order valence-electron chi connectivity index (χ4n) is 2.65. The number of aryl methyl sites for hydroxylation is 1. The van der Waals surface area contributed by atoms with Crippen molar-refractivity contribution in [2.75, 3.05) is 13.2 Å². The minimum atomic E-state index is -0.608. The number of ether oxygens (including phenoxy) is 1. The summed E-state index contributed by atoms with van der Waals surface area (Å²) in [6, 6.07) is 0. The number of rotatable bonds is 6. The van der Waals surface area contributed by atoms with E-state index in [0.717, 1.165) is 6.42 Å². The van der Waals surface area contributed by atoms with Gasteiger partial charge in [-0.1, -0.05) is 19.8 Å². The lowest BCUT2D eigenvalue weighted by atomic mass is 9.88. The van der Waals surface area contributed by atoms with Crippen molar-refractivity contribution in [2.24, 2.45) is 13.0 Å². The molecule has 0 aromatic carbocycles. The molecule has 0 spiro atoms. The molecule has 2 rings (SSSR count). The van der Waals surface area contributed by atoms with Crippen LogP contribution in [0.3, 0.4) is 0 Å². The Labute approximate surface area is 124 Å². The maximum atomic E-state index is 11.8. The highest BCUT2D eigenvalue weighted by atomic mass is 16.5. The van der Waals surface area contributed by atoms with Crippen LogP contribution in [0.4, 0.5) is 0 Å². The highest BCUT2D eigenvalue weighted by Gasteiger charge is 2.22. The summed E-state index contributed by atoms with van der Waals surface area (Å²) < 4.78 is 7.29. The number of Topliss-reactive ketones (excluding diaryl/α,β-unsaturated/α-hetero) is 1. The van der Waals surface area contributed by atoms with E-state index in [0.29, 0.717) is 24.6 Å². The Morgan fingerprint density at radius 3 is 2.86 bits per heavy atom. The molecule has 1 aromatic heterocycles. The Morgan fingerprint density at radius 1 is 1.43 bits per heavy atom. The quantitative estimate of drug-likeness (QED) is 0.487. The summed E-state index contributed by atoms with van der Waals surface area (Å²) in [5.41, 5.74) is 0.303. The fraction of sp³-hybridized carbons (Fsp3) is 0.667. The van der Waals surface area contributed by atoms with Gasteiger partial charge in [0.1, 0.15) is 0 Å². The van der Waals surface area contributed by atoms with E-state index in [9.17, 15) is 9.59 Å². The van der Waals surface area contributed by atoms with Crippen molar-refractivity contribution in [1.29, 1.82) is 0 Å². The number of ketones is 1. The minimum Gasteiger partial charge on any atom is -0.376 e. The van der Waals surface area contributed by atoms with Crippen LogP contribution in [0.15, 0.2) is 12.4 Å². The van der Waals surface area contributed by atoms with Crippen LogP contribution in [-0.4, -0.2) is 40.7 Å². The molecular formula is C15H23N3O3. The van der Waals surface area contributed by atoms with Crippen LogP contribution in [0.2, 0.25) is 0 Å². The van der Waals surface area contributed by atoms with Crippen LogP contribution in [0.1, 0.15) is 43.0 Å². The first-order chi connectivity index (χ1) is 10.1. The zero-order chi connectivity index (χ0) is 15.2. The topological polar surface area (TPSA) is 73.2 Å². The second kappa shape index (κ2) is 7.36. The van der Waals surface area contributed by atoms with Crippen molar-refractivity contribution >= 4 is 11.7 Å². The van der Waals surface area contributed by atoms with Gasteiger partial charge in [0.2, 0.25) is 0 Å². The first kappa shape index (κ1) is 15.7. The molecule has 1 saturated carbocycles. The third-order valence-electron chi connectivity index (χ3n) is 3.93. The molecule has 1 amide bonds. The summed E-state index contributed by atoms with van der Waals surface area (Å²) in [5.74, 6) is -0.594. The number of amides is 1. The number of nitrogens with zero attached hydrogens (tertiary/aromatic N) is 2. The summed E-state index contributed by atoms with van der Waals surface area (Å²) in [6.45, 7) is 3.00. The molecule has 1 heterocycles. The van der Waals surface area contributed by atoms with Crippen LogP contribution in [0.5, 0.6) is 0 Å². The molecule has 0 aliphatic heterocycles. The molecule has 0 unspecified atom stereocenters. The molecule has 1 aliphatic rings. The van der Waals surface area contributed by atoms with E-state index in [1.807, 2.05) is 0 Å². The fourth-order valence-corrected chi connectivity index (χ4v) is 2.65. The maximum absolute atomic E-state index is 11.8. The first-order valence-electron chi connectivity index (χ1n) is 7.50. The van der Waals surface area contributed by atoms with Crippen molar-refractivity contribution in [3.8, 4) is 0 Å². The Morgan fingerprint density at radius 2 is 2.19 bits per heavy atom. The Bertz CT molecular complexity index is 498. The zero-order valence-electron chi connectivity index (χ0n) is 12.7. The SMILES string of the molecule is C[C@@H]1CCCC[C@@H]1OCCNC(=O)C(=O)c1cnn(C)c1. The Kier molecular flexibility index (Phi) is 5.50. The van der Waals surface area contributed by atoms with Crippen LogP contribution < -0.4 is 5.32 Å². The van der Waals surface area contributed by atoms with Crippen molar-refractivity contribution in [1.82, 2.24) is 15.1 Å². The molecule has 0 radical (unpaired) electrons. The van der Waals surface area contributed by atoms with Gasteiger partial charge in [0.25, 0.3) is 11.7 Å². The molecule has 1 fully saturated rings. The lowest BCUT2D eigenvalue weighted by Crippen LogP contribution is -2.35. The summed E-state index contributed by atoms with van der Waals surface area (Å²) in [6.07, 6.45) is 7.98. The van der Waals surface area contributed by atoms with Crippen LogP contribution in [0.25, 0.3) is 0 Å². The number of aromatic nitrogens is 2. The minimum absolute atomic E-state index is 0.282. The summed E-state index contributed by atoms with van der Waals surface area (Å²) >= 11 is 0. The highest BCUT2D eigenvalue weighted by Crippen LogP contribution is 2.25. The first-order valence-corrected chi connectivity index (χ1v) is 7.50. The van der Waals surface area contributed by atoms with Gasteiger partial charge in [-0.2, -0.15) is 5.10 Å². The number of nitrogens with one attached hydrogen (secondary N) is 1. The van der Waals surface area contributed by atoms with E-state index >= 15 is 0 Å². The summed E-state index contributed by atoms with van der Waals surface area (Å²) in [7, 11) is 1.70. The third-order valence-corrected chi connectivity index (χ3v) is 3.93. The smallest absolute Gasteiger partial charge is 0.292 e. The van der Waals surface area contributed by atoms with E-state index in [1.54, 1.807) is 7.05 Å². The van der Waals surface area contributed by atoms with Gasteiger partial charge in [-0.25, -0.2) is 0 Å². The monoisotopic (exact) mass is 293 g/mol. The van der Waals surface area contributed by atoms with Crippen LogP contribution >= 0.6 is 0 Å². The Balaban J connectivity index is 1.68. The lowest BCUT2D eigenvalue weighted by molar-refractivity contribution is -0.117. The lowest BCUT2D eigenvalue weighted by Gasteiger charge is -2.28.